The molecule has 0 spiro atoms. The van der Waals surface area contributed by atoms with Gasteiger partial charge in [0.25, 0.3) is 5.91 Å². The maximum absolute atomic E-state index is 14.2. The predicted octanol–water partition coefficient (Wildman–Crippen LogP) is 1.07. The number of carbonyl (C=O) groups excluding carboxylic acids is 5. The second-order valence-electron chi connectivity index (χ2n) is 12.2. The third-order valence-corrected chi connectivity index (χ3v) is 8.78. The van der Waals surface area contributed by atoms with Crippen molar-refractivity contribution in [1.82, 2.24) is 35.7 Å². The molecule has 2 saturated heterocycles. The zero-order chi connectivity index (χ0) is 33.8. The molecule has 5 N–H and O–H groups in total. The van der Waals surface area contributed by atoms with Gasteiger partial charge in [-0.15, -0.1) is 0 Å². The van der Waals surface area contributed by atoms with Crippen LogP contribution in [-0.2, 0) is 25.6 Å². The molecule has 48 heavy (non-hydrogen) atoms. The third-order valence-electron chi connectivity index (χ3n) is 8.78. The predicted molar refractivity (Wildman–Crippen MR) is 175 cm³/mol. The van der Waals surface area contributed by atoms with Crippen LogP contribution in [0, 0.1) is 0 Å². The number of para-hydroxylation sites is 1. The molecule has 2 fully saturated rings. The van der Waals surface area contributed by atoms with Crippen LogP contribution < -0.4 is 16.0 Å². The van der Waals surface area contributed by atoms with Crippen molar-refractivity contribution in [2.24, 2.45) is 0 Å². The fourth-order valence-corrected chi connectivity index (χ4v) is 6.32. The molecule has 4 heterocycles. The van der Waals surface area contributed by atoms with Gasteiger partial charge < -0.3 is 35.8 Å². The summed E-state index contributed by atoms with van der Waals surface area (Å²) in [7, 11) is 0. The van der Waals surface area contributed by atoms with Crippen molar-refractivity contribution in [2.45, 2.75) is 50.0 Å². The summed E-state index contributed by atoms with van der Waals surface area (Å²) in [5, 5.41) is 19.9. The molecule has 2 aliphatic heterocycles. The highest BCUT2D eigenvalue weighted by molar-refractivity contribution is 5.98. The van der Waals surface area contributed by atoms with Crippen molar-refractivity contribution < 1.29 is 29.1 Å². The van der Waals surface area contributed by atoms with E-state index in [9.17, 15) is 29.1 Å². The Kier molecular flexibility index (Phi) is 9.48. The number of amides is 5. The van der Waals surface area contributed by atoms with Gasteiger partial charge in [-0.3, -0.25) is 29.0 Å². The van der Waals surface area contributed by atoms with Gasteiger partial charge in [0.2, 0.25) is 23.6 Å². The Balaban J connectivity index is 1.39. The molecule has 2 aromatic heterocycles. The molecule has 0 aliphatic carbocycles. The fraction of sp³-hybridized carbons (Fsp3) is 0.314. The quantitative estimate of drug-likeness (QED) is 0.219. The summed E-state index contributed by atoms with van der Waals surface area (Å²) < 4.78 is 0. The van der Waals surface area contributed by atoms with Crippen LogP contribution in [0.4, 0.5) is 0 Å². The van der Waals surface area contributed by atoms with Gasteiger partial charge >= 0.3 is 0 Å². The first kappa shape index (κ1) is 32.4. The van der Waals surface area contributed by atoms with Crippen molar-refractivity contribution in [1.29, 1.82) is 0 Å². The molecule has 5 atom stereocenters. The summed E-state index contributed by atoms with van der Waals surface area (Å²) in [6.07, 6.45) is 2.30. The molecule has 2 aliphatic rings. The fourth-order valence-electron chi connectivity index (χ4n) is 6.32. The number of aromatic amines is 1. The van der Waals surface area contributed by atoms with Gasteiger partial charge in [0.15, 0.2) is 0 Å². The Hall–Kier alpha value is -5.56. The van der Waals surface area contributed by atoms with E-state index >= 15 is 0 Å². The second-order valence-corrected chi connectivity index (χ2v) is 12.2. The Morgan fingerprint density at radius 3 is 2.42 bits per heavy atom. The zero-order valence-electron chi connectivity index (χ0n) is 26.3. The summed E-state index contributed by atoms with van der Waals surface area (Å²) in [5.41, 5.74) is 2.38. The highest BCUT2D eigenvalue weighted by Crippen LogP contribution is 2.24. The topological polar surface area (TPSA) is 177 Å². The number of aromatic nitrogens is 2. The minimum atomic E-state index is -1.14. The van der Waals surface area contributed by atoms with Crippen LogP contribution >= 0.6 is 0 Å². The maximum Gasteiger partial charge on any atom is 0.272 e. The van der Waals surface area contributed by atoms with E-state index in [2.05, 4.69) is 25.9 Å². The number of H-pyrrole nitrogens is 1. The molecule has 0 unspecified atom stereocenters. The summed E-state index contributed by atoms with van der Waals surface area (Å²) in [6.45, 7) is 0.830. The number of pyridine rings is 1. The van der Waals surface area contributed by atoms with Gasteiger partial charge in [0, 0.05) is 49.2 Å². The van der Waals surface area contributed by atoms with Crippen molar-refractivity contribution in [3.8, 4) is 0 Å². The average molecular weight is 652 g/mol. The van der Waals surface area contributed by atoms with E-state index in [1.54, 1.807) is 42.6 Å². The second kappa shape index (κ2) is 14.1. The third kappa shape index (κ3) is 7.05. The summed E-state index contributed by atoms with van der Waals surface area (Å²) in [5.74, 6) is -2.87. The molecule has 248 valence electrons. The minimum Gasteiger partial charge on any atom is -0.391 e. The molecule has 2 aromatic carbocycles. The highest BCUT2D eigenvalue weighted by atomic mass is 16.3. The standard InChI is InChI=1S/C35H37N7O6/c1-21-32(45)40-29(22-9-3-2-4-10-22)19-41(34(47)27-13-7-8-14-36-27)20-31(44)39-28(15-23-17-37-26-12-6-5-11-25(23)26)35(48)42-18-24(43)16-30(42)33(46)38-21/h2-14,17,21,24,28-30,37,43H,15-16,18-20H2,1H3,(H,38,46)(H,39,44)(H,40,45)/t21-,24+,28+,29-,30-/m0/s1. The lowest BCUT2D eigenvalue weighted by Gasteiger charge is -2.30. The number of nitrogens with one attached hydrogen (secondary N) is 4. The molecule has 5 amide bonds. The SMILES string of the molecule is C[C@@H]1NC(=O)[C@@H]2C[C@@H](O)CN2C(=O)[C@@H](Cc2c[nH]c3ccccc23)NC(=O)CN(C(=O)c2ccccn2)C[C@@H](c2ccccc2)NC1=O. The first-order chi connectivity index (χ1) is 23.2. The Labute approximate surface area is 276 Å². The maximum atomic E-state index is 14.2. The molecule has 0 radical (unpaired) electrons. The normalized spacial score (nSPS) is 24.2. The van der Waals surface area contributed by atoms with Crippen molar-refractivity contribution in [3.63, 3.8) is 0 Å². The number of nitrogens with zero attached hydrogens (tertiary/aromatic N) is 3. The van der Waals surface area contributed by atoms with Crippen LogP contribution in [0.3, 0.4) is 0 Å². The number of hydrogen-bond donors (Lipinski definition) is 5. The van der Waals surface area contributed by atoms with Gasteiger partial charge in [-0.05, 0) is 36.2 Å². The lowest BCUT2D eigenvalue weighted by atomic mass is 10.0. The lowest BCUT2D eigenvalue weighted by Crippen LogP contribution is -2.56. The van der Waals surface area contributed by atoms with E-state index in [0.29, 0.717) is 5.56 Å². The number of hydrogen-bond acceptors (Lipinski definition) is 7. The van der Waals surface area contributed by atoms with Gasteiger partial charge in [0.05, 0.1) is 18.7 Å². The van der Waals surface area contributed by atoms with E-state index in [-0.39, 0.29) is 31.6 Å². The molecule has 13 nitrogen and oxygen atoms in total. The smallest absolute Gasteiger partial charge is 0.272 e. The van der Waals surface area contributed by atoms with Crippen LogP contribution in [0.25, 0.3) is 10.9 Å². The van der Waals surface area contributed by atoms with Crippen LogP contribution in [-0.4, -0.2) is 98.3 Å². The van der Waals surface area contributed by atoms with E-state index in [1.807, 2.05) is 30.3 Å². The molecule has 13 heteroatoms. The lowest BCUT2D eigenvalue weighted by molar-refractivity contribution is -0.142. The summed E-state index contributed by atoms with van der Waals surface area (Å²) >= 11 is 0. The monoisotopic (exact) mass is 651 g/mol. The summed E-state index contributed by atoms with van der Waals surface area (Å²) in [6, 6.07) is 17.4. The number of benzene rings is 2. The average Bonchev–Trinajstić information content (AvgIpc) is 3.70. The van der Waals surface area contributed by atoms with Crippen molar-refractivity contribution in [2.75, 3.05) is 19.6 Å². The zero-order valence-corrected chi connectivity index (χ0v) is 26.3. The van der Waals surface area contributed by atoms with E-state index in [1.165, 1.54) is 29.0 Å². The Morgan fingerprint density at radius 2 is 1.65 bits per heavy atom. The van der Waals surface area contributed by atoms with E-state index < -0.39 is 66.4 Å². The first-order valence-electron chi connectivity index (χ1n) is 15.9. The van der Waals surface area contributed by atoms with Crippen molar-refractivity contribution >= 4 is 40.4 Å². The number of rotatable bonds is 4. The Morgan fingerprint density at radius 1 is 0.896 bits per heavy atom. The van der Waals surface area contributed by atoms with Gasteiger partial charge in [0.1, 0.15) is 23.8 Å². The van der Waals surface area contributed by atoms with Crippen LogP contribution in [0.1, 0.15) is 41.0 Å². The van der Waals surface area contributed by atoms with Crippen molar-refractivity contribution in [3.05, 3.63) is 102 Å². The van der Waals surface area contributed by atoms with Gasteiger partial charge in [-0.1, -0.05) is 54.6 Å². The van der Waals surface area contributed by atoms with E-state index in [4.69, 9.17) is 0 Å². The number of carbonyl (C=O) groups is 5. The Bertz CT molecular complexity index is 1810. The largest absolute Gasteiger partial charge is 0.391 e. The minimum absolute atomic E-state index is 0.0291. The summed E-state index contributed by atoms with van der Waals surface area (Å²) in [4.78, 5) is 78.9. The molecule has 4 aromatic rings. The molecular formula is C35H37N7O6. The van der Waals surface area contributed by atoms with E-state index in [0.717, 1.165) is 16.5 Å². The van der Waals surface area contributed by atoms with Gasteiger partial charge in [-0.25, -0.2) is 0 Å². The highest BCUT2D eigenvalue weighted by Gasteiger charge is 2.42. The van der Waals surface area contributed by atoms with Crippen LogP contribution in [0.2, 0.25) is 0 Å². The van der Waals surface area contributed by atoms with Crippen LogP contribution in [0.5, 0.6) is 0 Å². The molecular weight excluding hydrogens is 614 g/mol. The first-order valence-corrected chi connectivity index (χ1v) is 15.9. The number of fused-ring (bicyclic) bond motifs is 2. The van der Waals surface area contributed by atoms with Gasteiger partial charge in [-0.2, -0.15) is 0 Å². The molecule has 6 rings (SSSR count). The number of aliphatic hydroxyl groups is 1. The molecule has 0 bridgehead atoms. The number of aliphatic hydroxyl groups excluding tert-OH is 1. The van der Waals surface area contributed by atoms with Crippen LogP contribution in [0.15, 0.2) is 85.2 Å². The molecule has 0 saturated carbocycles.